The van der Waals surface area contributed by atoms with Crippen LogP contribution in [-0.2, 0) is 6.54 Å². The lowest BCUT2D eigenvalue weighted by Gasteiger charge is -2.31. The first-order chi connectivity index (χ1) is 12.1. The number of thiazole rings is 1. The minimum absolute atomic E-state index is 0.0286. The van der Waals surface area contributed by atoms with Crippen molar-refractivity contribution in [2.75, 3.05) is 27.3 Å². The summed E-state index contributed by atoms with van der Waals surface area (Å²) in [6.45, 7) is 4.73. The molecule has 5 nitrogen and oxygen atoms in total. The average molecular weight is 360 g/mol. The maximum atomic E-state index is 12.9. The van der Waals surface area contributed by atoms with Gasteiger partial charge in [0, 0.05) is 35.6 Å². The summed E-state index contributed by atoms with van der Waals surface area (Å²) >= 11 is 1.73. The van der Waals surface area contributed by atoms with Crippen molar-refractivity contribution in [3.8, 4) is 11.5 Å². The van der Waals surface area contributed by atoms with Gasteiger partial charge in [0.05, 0.1) is 19.2 Å². The third-order valence-electron chi connectivity index (χ3n) is 4.59. The second-order valence-corrected chi connectivity index (χ2v) is 7.67. The third kappa shape index (κ3) is 4.19. The van der Waals surface area contributed by atoms with Crippen molar-refractivity contribution >= 4 is 17.1 Å². The predicted octanol–water partition coefficient (Wildman–Crippen LogP) is 3.56. The maximum Gasteiger partial charge on any atom is 0.167 e. The molecule has 25 heavy (non-hydrogen) atoms. The van der Waals surface area contributed by atoms with Crippen LogP contribution in [-0.4, -0.2) is 43.0 Å². The lowest BCUT2D eigenvalue weighted by atomic mass is 9.90. The van der Waals surface area contributed by atoms with E-state index in [0.717, 1.165) is 37.5 Å². The Morgan fingerprint density at radius 3 is 2.80 bits per heavy atom. The van der Waals surface area contributed by atoms with Crippen LogP contribution in [0.25, 0.3) is 0 Å². The molecule has 0 unspecified atom stereocenters. The van der Waals surface area contributed by atoms with Gasteiger partial charge in [0.2, 0.25) is 0 Å². The van der Waals surface area contributed by atoms with Crippen molar-refractivity contribution in [1.82, 2.24) is 9.88 Å². The minimum atomic E-state index is 0.0286. The normalized spacial score (nSPS) is 18.1. The molecule has 1 aliphatic rings. The van der Waals surface area contributed by atoms with E-state index >= 15 is 0 Å². The molecule has 0 saturated carbocycles. The second kappa shape index (κ2) is 7.97. The summed E-state index contributed by atoms with van der Waals surface area (Å²) in [5, 5.41) is 1.09. The fourth-order valence-electron chi connectivity index (χ4n) is 3.34. The van der Waals surface area contributed by atoms with Crippen molar-refractivity contribution in [3.63, 3.8) is 0 Å². The summed E-state index contributed by atoms with van der Waals surface area (Å²) in [7, 11) is 3.19. The first kappa shape index (κ1) is 17.9. The summed E-state index contributed by atoms with van der Waals surface area (Å²) in [6, 6.07) is 5.41. The Labute approximate surface area is 152 Å². The summed E-state index contributed by atoms with van der Waals surface area (Å²) in [5.74, 6) is 1.46. The molecule has 1 aromatic carbocycles. The van der Waals surface area contributed by atoms with E-state index in [9.17, 15) is 4.79 Å². The minimum Gasteiger partial charge on any atom is -0.493 e. The zero-order chi connectivity index (χ0) is 17.8. The number of hydrogen-bond donors (Lipinski definition) is 0. The Hall–Kier alpha value is -1.92. The first-order valence-electron chi connectivity index (χ1n) is 8.50. The van der Waals surface area contributed by atoms with Gasteiger partial charge in [-0.25, -0.2) is 4.98 Å². The molecular weight excluding hydrogens is 336 g/mol. The van der Waals surface area contributed by atoms with Gasteiger partial charge in [-0.1, -0.05) is 0 Å². The molecule has 0 bridgehead atoms. The lowest BCUT2D eigenvalue weighted by Crippen LogP contribution is -2.38. The van der Waals surface area contributed by atoms with Crippen LogP contribution in [0, 0.1) is 12.8 Å². The number of aromatic nitrogens is 1. The number of hydrogen-bond acceptors (Lipinski definition) is 6. The van der Waals surface area contributed by atoms with Crippen LogP contribution in [0.4, 0.5) is 0 Å². The van der Waals surface area contributed by atoms with Gasteiger partial charge in [-0.05, 0) is 44.5 Å². The van der Waals surface area contributed by atoms with Crippen molar-refractivity contribution in [1.29, 1.82) is 0 Å². The number of aryl methyl sites for hydroxylation is 1. The van der Waals surface area contributed by atoms with Gasteiger partial charge in [0.25, 0.3) is 0 Å². The van der Waals surface area contributed by atoms with Crippen LogP contribution in [0.15, 0.2) is 24.4 Å². The number of carbonyl (C=O) groups excluding carboxylic acids is 1. The van der Waals surface area contributed by atoms with E-state index in [0.29, 0.717) is 17.1 Å². The standard InChI is InChI=1S/C19H24N2O3S/c1-13-20-10-16(25-13)12-21-8-4-5-15(11-21)19(22)14-6-7-17(23-2)18(9-14)24-3/h6-7,9-10,15H,4-5,8,11-12H2,1-3H3/t15-/m1/s1. The SMILES string of the molecule is COc1ccc(C(=O)[C@@H]2CCCN(Cc3cnc(C)s3)C2)cc1OC. The number of benzene rings is 1. The van der Waals surface area contributed by atoms with Gasteiger partial charge < -0.3 is 9.47 Å². The Morgan fingerprint density at radius 1 is 1.32 bits per heavy atom. The Kier molecular flexibility index (Phi) is 5.71. The smallest absolute Gasteiger partial charge is 0.167 e. The highest BCUT2D eigenvalue weighted by Crippen LogP contribution is 2.30. The molecule has 1 aromatic heterocycles. The van der Waals surface area contributed by atoms with Crippen molar-refractivity contribution < 1.29 is 14.3 Å². The molecule has 2 aromatic rings. The van der Waals surface area contributed by atoms with Crippen LogP contribution in [0.2, 0.25) is 0 Å². The van der Waals surface area contributed by atoms with E-state index in [2.05, 4.69) is 9.88 Å². The predicted molar refractivity (Wildman–Crippen MR) is 98.7 cm³/mol. The lowest BCUT2D eigenvalue weighted by molar-refractivity contribution is 0.0812. The molecule has 0 spiro atoms. The number of Topliss-reactive ketones (excluding diaryl/α,β-unsaturated/α-hetero) is 1. The molecule has 1 aliphatic heterocycles. The van der Waals surface area contributed by atoms with Crippen LogP contribution < -0.4 is 9.47 Å². The highest BCUT2D eigenvalue weighted by molar-refractivity contribution is 7.11. The van der Waals surface area contributed by atoms with E-state index in [1.165, 1.54) is 4.88 Å². The van der Waals surface area contributed by atoms with Gasteiger partial charge in [-0.3, -0.25) is 9.69 Å². The molecule has 0 aliphatic carbocycles. The molecule has 1 fully saturated rings. The van der Waals surface area contributed by atoms with Crippen LogP contribution in [0.3, 0.4) is 0 Å². The summed E-state index contributed by atoms with van der Waals surface area (Å²) in [6.07, 6.45) is 3.92. The number of rotatable bonds is 6. The van der Waals surface area contributed by atoms with Gasteiger partial charge in [-0.2, -0.15) is 0 Å². The zero-order valence-electron chi connectivity index (χ0n) is 14.9. The van der Waals surface area contributed by atoms with Crippen molar-refractivity contribution in [3.05, 3.63) is 39.8 Å². The van der Waals surface area contributed by atoms with Crippen molar-refractivity contribution in [2.45, 2.75) is 26.3 Å². The largest absolute Gasteiger partial charge is 0.493 e. The monoisotopic (exact) mass is 360 g/mol. The molecule has 134 valence electrons. The second-order valence-electron chi connectivity index (χ2n) is 6.35. The summed E-state index contributed by atoms with van der Waals surface area (Å²) < 4.78 is 10.6. The van der Waals surface area contributed by atoms with E-state index < -0.39 is 0 Å². The van der Waals surface area contributed by atoms with E-state index in [-0.39, 0.29) is 11.7 Å². The molecule has 3 rings (SSSR count). The number of piperidine rings is 1. The quantitative estimate of drug-likeness (QED) is 0.737. The number of methoxy groups -OCH3 is 2. The number of carbonyl (C=O) groups is 1. The molecular formula is C19H24N2O3S. The Bertz CT molecular complexity index is 744. The van der Waals surface area contributed by atoms with Gasteiger partial charge in [-0.15, -0.1) is 11.3 Å². The summed E-state index contributed by atoms with van der Waals surface area (Å²) in [5.41, 5.74) is 0.693. The van der Waals surface area contributed by atoms with Gasteiger partial charge >= 0.3 is 0 Å². The number of nitrogens with zero attached hydrogens (tertiary/aromatic N) is 2. The Balaban J connectivity index is 1.69. The van der Waals surface area contributed by atoms with Gasteiger partial charge in [0.1, 0.15) is 0 Å². The highest BCUT2D eigenvalue weighted by atomic mass is 32.1. The number of ether oxygens (including phenoxy) is 2. The first-order valence-corrected chi connectivity index (χ1v) is 9.32. The fraction of sp³-hybridized carbons (Fsp3) is 0.474. The molecule has 1 saturated heterocycles. The van der Waals surface area contributed by atoms with Gasteiger partial charge in [0.15, 0.2) is 17.3 Å². The highest BCUT2D eigenvalue weighted by Gasteiger charge is 2.27. The van der Waals surface area contributed by atoms with Crippen LogP contribution >= 0.6 is 11.3 Å². The van der Waals surface area contributed by atoms with E-state index in [4.69, 9.17) is 9.47 Å². The summed E-state index contributed by atoms with van der Waals surface area (Å²) in [4.78, 5) is 20.9. The Morgan fingerprint density at radius 2 is 2.12 bits per heavy atom. The maximum absolute atomic E-state index is 12.9. The van der Waals surface area contributed by atoms with Crippen LogP contribution in [0.5, 0.6) is 11.5 Å². The molecule has 0 radical (unpaired) electrons. The molecule has 1 atom stereocenters. The number of ketones is 1. The zero-order valence-corrected chi connectivity index (χ0v) is 15.8. The van der Waals surface area contributed by atoms with Crippen molar-refractivity contribution in [2.24, 2.45) is 5.92 Å². The molecule has 0 N–H and O–H groups in total. The van der Waals surface area contributed by atoms with E-state index in [1.54, 1.807) is 37.7 Å². The average Bonchev–Trinajstić information content (AvgIpc) is 3.05. The third-order valence-corrected chi connectivity index (χ3v) is 5.49. The molecule has 0 amide bonds. The number of likely N-dealkylation sites (tertiary alicyclic amines) is 1. The molecule has 2 heterocycles. The molecule has 6 heteroatoms. The van der Waals surface area contributed by atoms with Crippen LogP contribution in [0.1, 0.15) is 33.1 Å². The van der Waals surface area contributed by atoms with E-state index in [1.807, 2.05) is 19.2 Å². The topological polar surface area (TPSA) is 51.7 Å². The fourth-order valence-corrected chi connectivity index (χ4v) is 4.17.